The quantitative estimate of drug-likeness (QED) is 0.837. The maximum Gasteiger partial charge on any atom is 0.0537 e. The molecule has 1 aromatic rings. The van der Waals surface area contributed by atoms with E-state index in [1.54, 1.807) is 0 Å². The van der Waals surface area contributed by atoms with Crippen LogP contribution in [0.4, 0.5) is 0 Å². The first-order valence-corrected chi connectivity index (χ1v) is 7.21. The number of hydrogen-bond donors (Lipinski definition) is 1. The number of nitrogens with zero attached hydrogens (tertiary/aromatic N) is 3. The van der Waals surface area contributed by atoms with Crippen LogP contribution in [0.1, 0.15) is 38.3 Å². The van der Waals surface area contributed by atoms with Crippen molar-refractivity contribution in [2.75, 3.05) is 26.7 Å². The van der Waals surface area contributed by atoms with Gasteiger partial charge in [-0.2, -0.15) is 5.10 Å². The van der Waals surface area contributed by atoms with Crippen molar-refractivity contribution < 1.29 is 0 Å². The van der Waals surface area contributed by atoms with Gasteiger partial charge in [-0.1, -0.05) is 6.92 Å². The van der Waals surface area contributed by atoms with Crippen molar-refractivity contribution in [1.82, 2.24) is 20.0 Å². The molecule has 1 fully saturated rings. The van der Waals surface area contributed by atoms with Crippen LogP contribution in [0.5, 0.6) is 0 Å². The number of aromatic nitrogens is 2. The summed E-state index contributed by atoms with van der Waals surface area (Å²) in [6.07, 6.45) is 6.81. The van der Waals surface area contributed by atoms with Crippen molar-refractivity contribution >= 4 is 0 Å². The van der Waals surface area contributed by atoms with Gasteiger partial charge in [-0.3, -0.25) is 9.58 Å². The summed E-state index contributed by atoms with van der Waals surface area (Å²) in [6.45, 7) is 8.88. The lowest BCUT2D eigenvalue weighted by molar-refractivity contribution is 0.227. The van der Waals surface area contributed by atoms with Crippen LogP contribution in [0.15, 0.2) is 12.4 Å². The second-order valence-corrected chi connectivity index (χ2v) is 5.22. The van der Waals surface area contributed by atoms with E-state index in [9.17, 15) is 0 Å². The molecule has 4 heteroatoms. The number of likely N-dealkylation sites (tertiary alicyclic amines) is 1. The number of aryl methyl sites for hydroxylation is 1. The molecule has 4 nitrogen and oxygen atoms in total. The lowest BCUT2D eigenvalue weighted by atomic mass is 9.95. The van der Waals surface area contributed by atoms with Gasteiger partial charge < -0.3 is 5.32 Å². The highest BCUT2D eigenvalue weighted by molar-refractivity contribution is 5.14. The van der Waals surface area contributed by atoms with Gasteiger partial charge in [0, 0.05) is 24.3 Å². The first kappa shape index (κ1) is 13.6. The summed E-state index contributed by atoms with van der Waals surface area (Å²) in [5.41, 5.74) is 1.39. The lowest BCUT2D eigenvalue weighted by Gasteiger charge is -2.27. The summed E-state index contributed by atoms with van der Waals surface area (Å²) < 4.78 is 2.04. The zero-order valence-corrected chi connectivity index (χ0v) is 11.9. The Morgan fingerprint density at radius 3 is 2.89 bits per heavy atom. The van der Waals surface area contributed by atoms with Crippen molar-refractivity contribution in [2.24, 2.45) is 5.92 Å². The maximum absolute atomic E-state index is 4.44. The van der Waals surface area contributed by atoms with Crippen molar-refractivity contribution in [3.63, 3.8) is 0 Å². The van der Waals surface area contributed by atoms with Crippen LogP contribution in [0.2, 0.25) is 0 Å². The van der Waals surface area contributed by atoms with E-state index >= 15 is 0 Å². The van der Waals surface area contributed by atoms with E-state index in [-0.39, 0.29) is 0 Å². The SMILES string of the molecule is CCCN1CCC(CNC)C1c1cnn(CC)c1. The third-order valence-corrected chi connectivity index (χ3v) is 3.92. The van der Waals surface area contributed by atoms with Gasteiger partial charge in [0.25, 0.3) is 0 Å². The highest BCUT2D eigenvalue weighted by atomic mass is 15.3. The standard InChI is InChI=1S/C14H26N4/c1-4-7-17-8-6-12(9-15-3)14(17)13-10-16-18(5-2)11-13/h10-12,14-15H,4-9H2,1-3H3. The van der Waals surface area contributed by atoms with Crippen LogP contribution in [0.3, 0.4) is 0 Å². The molecule has 2 unspecified atom stereocenters. The minimum absolute atomic E-state index is 0.553. The van der Waals surface area contributed by atoms with Gasteiger partial charge in [-0.15, -0.1) is 0 Å². The van der Waals surface area contributed by atoms with Crippen LogP contribution < -0.4 is 5.32 Å². The average Bonchev–Trinajstić information content (AvgIpc) is 2.97. The Kier molecular flexibility index (Phi) is 4.78. The molecule has 102 valence electrons. The summed E-state index contributed by atoms with van der Waals surface area (Å²) in [4.78, 5) is 2.62. The molecule has 1 aliphatic heterocycles. The van der Waals surface area contributed by atoms with Gasteiger partial charge in [-0.25, -0.2) is 0 Å². The van der Waals surface area contributed by atoms with Gasteiger partial charge in [0.2, 0.25) is 0 Å². The molecule has 0 amide bonds. The van der Waals surface area contributed by atoms with Crippen molar-refractivity contribution in [1.29, 1.82) is 0 Å². The monoisotopic (exact) mass is 250 g/mol. The molecule has 2 atom stereocenters. The van der Waals surface area contributed by atoms with Gasteiger partial charge in [0.05, 0.1) is 6.20 Å². The highest BCUT2D eigenvalue weighted by Gasteiger charge is 2.34. The maximum atomic E-state index is 4.44. The Balaban J connectivity index is 2.16. The second kappa shape index (κ2) is 6.34. The topological polar surface area (TPSA) is 33.1 Å². The molecule has 1 N–H and O–H groups in total. The van der Waals surface area contributed by atoms with E-state index < -0.39 is 0 Å². The summed E-state index contributed by atoms with van der Waals surface area (Å²) in [5, 5.41) is 7.78. The van der Waals surface area contributed by atoms with Crippen LogP contribution in [-0.2, 0) is 6.54 Å². The van der Waals surface area contributed by atoms with Gasteiger partial charge >= 0.3 is 0 Å². The first-order chi connectivity index (χ1) is 8.80. The highest BCUT2D eigenvalue weighted by Crippen LogP contribution is 2.36. The summed E-state index contributed by atoms with van der Waals surface area (Å²) in [5.74, 6) is 0.719. The van der Waals surface area contributed by atoms with E-state index in [4.69, 9.17) is 0 Å². The summed E-state index contributed by atoms with van der Waals surface area (Å²) >= 11 is 0. The molecular formula is C14H26N4. The molecule has 1 aliphatic rings. The summed E-state index contributed by atoms with van der Waals surface area (Å²) in [7, 11) is 2.05. The molecule has 0 radical (unpaired) electrons. The minimum atomic E-state index is 0.553. The Hall–Kier alpha value is -0.870. The van der Waals surface area contributed by atoms with Gasteiger partial charge in [-0.05, 0) is 52.4 Å². The fraction of sp³-hybridized carbons (Fsp3) is 0.786. The minimum Gasteiger partial charge on any atom is -0.319 e. The average molecular weight is 250 g/mol. The molecule has 0 saturated carbocycles. The fourth-order valence-electron chi connectivity index (χ4n) is 3.13. The molecule has 0 aliphatic carbocycles. The first-order valence-electron chi connectivity index (χ1n) is 7.21. The summed E-state index contributed by atoms with van der Waals surface area (Å²) in [6, 6.07) is 0.553. The third kappa shape index (κ3) is 2.75. The normalized spacial score (nSPS) is 24.8. The van der Waals surface area contributed by atoms with Crippen molar-refractivity contribution in [3.8, 4) is 0 Å². The molecule has 0 bridgehead atoms. The number of hydrogen-bond acceptors (Lipinski definition) is 3. The van der Waals surface area contributed by atoms with E-state index in [2.05, 4.69) is 48.6 Å². The van der Waals surface area contributed by atoms with Crippen LogP contribution in [-0.4, -0.2) is 41.4 Å². The van der Waals surface area contributed by atoms with E-state index in [0.29, 0.717) is 6.04 Å². The Morgan fingerprint density at radius 2 is 2.28 bits per heavy atom. The van der Waals surface area contributed by atoms with Crippen LogP contribution >= 0.6 is 0 Å². The van der Waals surface area contributed by atoms with E-state index in [0.717, 1.165) is 19.0 Å². The zero-order valence-electron chi connectivity index (χ0n) is 11.9. The molecular weight excluding hydrogens is 224 g/mol. The third-order valence-electron chi connectivity index (χ3n) is 3.92. The van der Waals surface area contributed by atoms with E-state index in [1.807, 2.05) is 4.68 Å². The largest absolute Gasteiger partial charge is 0.319 e. The molecule has 1 saturated heterocycles. The van der Waals surface area contributed by atoms with Crippen LogP contribution in [0.25, 0.3) is 0 Å². The molecule has 2 heterocycles. The molecule has 2 rings (SSSR count). The van der Waals surface area contributed by atoms with E-state index in [1.165, 1.54) is 31.5 Å². The van der Waals surface area contributed by atoms with Gasteiger partial charge in [0.15, 0.2) is 0 Å². The zero-order chi connectivity index (χ0) is 13.0. The fourth-order valence-corrected chi connectivity index (χ4v) is 3.13. The predicted octanol–water partition coefficient (Wildman–Crippen LogP) is 1.90. The lowest BCUT2D eigenvalue weighted by Crippen LogP contribution is -2.29. The second-order valence-electron chi connectivity index (χ2n) is 5.22. The Labute approximate surface area is 110 Å². The number of nitrogens with one attached hydrogen (secondary N) is 1. The van der Waals surface area contributed by atoms with Crippen molar-refractivity contribution in [3.05, 3.63) is 18.0 Å². The van der Waals surface area contributed by atoms with Gasteiger partial charge in [0.1, 0.15) is 0 Å². The smallest absolute Gasteiger partial charge is 0.0537 e. The molecule has 0 spiro atoms. The Bertz CT molecular complexity index is 346. The molecule has 0 aromatic carbocycles. The number of rotatable bonds is 6. The predicted molar refractivity (Wildman–Crippen MR) is 74.5 cm³/mol. The molecule has 1 aromatic heterocycles. The van der Waals surface area contributed by atoms with Crippen LogP contribution in [0, 0.1) is 5.92 Å². The Morgan fingerprint density at radius 1 is 1.44 bits per heavy atom. The molecule has 18 heavy (non-hydrogen) atoms. The van der Waals surface area contributed by atoms with Crippen molar-refractivity contribution in [2.45, 2.75) is 39.3 Å².